The van der Waals surface area contributed by atoms with Gasteiger partial charge in [0.25, 0.3) is 5.91 Å². The van der Waals surface area contributed by atoms with Crippen molar-refractivity contribution in [1.82, 2.24) is 29.2 Å². The number of benzene rings is 2. The molecule has 0 radical (unpaired) electrons. The van der Waals surface area contributed by atoms with Crippen LogP contribution in [0.1, 0.15) is 27.6 Å². The Morgan fingerprint density at radius 1 is 1.24 bits per heavy atom. The minimum atomic E-state index is -0.688. The number of carbonyl (C=O) groups excluding carboxylic acids is 1. The molecule has 1 aliphatic rings. The van der Waals surface area contributed by atoms with Crippen molar-refractivity contribution >= 4 is 27.8 Å². The van der Waals surface area contributed by atoms with Crippen molar-refractivity contribution in [2.75, 3.05) is 26.9 Å². The van der Waals surface area contributed by atoms with E-state index in [9.17, 15) is 9.18 Å². The number of imidazole rings is 1. The standard InChI is InChI=1S/C27H28FN7O3/c1-15-30-24(38-32-15)14-35-22(10-17-5-4-6-23(37-3)25(17)35)26-31-20-11-19-16(9-21(20)33(26)2)7-8-34(27(19)36)13-18(29)12-28/h4-6,9-11,18H,7-8,12-14,29H2,1-3H3/t18-/m1/s1. The summed E-state index contributed by atoms with van der Waals surface area (Å²) in [7, 11) is 3.60. The molecule has 0 spiro atoms. The molecule has 196 valence electrons. The van der Waals surface area contributed by atoms with Crippen LogP contribution in [0, 0.1) is 6.92 Å². The first-order valence-corrected chi connectivity index (χ1v) is 12.4. The summed E-state index contributed by atoms with van der Waals surface area (Å²) in [6.07, 6.45) is 0.671. The number of methoxy groups -OCH3 is 1. The Labute approximate surface area is 217 Å². The summed E-state index contributed by atoms with van der Waals surface area (Å²) < 4.78 is 28.2. The highest BCUT2D eigenvalue weighted by Crippen LogP contribution is 2.36. The maximum atomic E-state index is 13.2. The second-order valence-corrected chi connectivity index (χ2v) is 9.66. The van der Waals surface area contributed by atoms with Gasteiger partial charge in [0.1, 0.15) is 19.0 Å². The summed E-state index contributed by atoms with van der Waals surface area (Å²) in [6.45, 7) is 2.15. The quantitative estimate of drug-likeness (QED) is 0.352. The average Bonchev–Trinajstić information content (AvgIpc) is 3.60. The summed E-state index contributed by atoms with van der Waals surface area (Å²) in [4.78, 5) is 24.2. The van der Waals surface area contributed by atoms with E-state index in [1.54, 1.807) is 18.9 Å². The SMILES string of the molecule is COc1cccc2cc(-c3nc4cc5c(cc4n3C)CCN(C[C@H](N)CF)C5=O)n(Cc3nc(C)no3)c12. The third kappa shape index (κ3) is 3.90. The smallest absolute Gasteiger partial charge is 0.254 e. The van der Waals surface area contributed by atoms with Gasteiger partial charge in [0.15, 0.2) is 11.6 Å². The normalized spacial score (nSPS) is 14.4. The molecule has 2 N–H and O–H groups in total. The summed E-state index contributed by atoms with van der Waals surface area (Å²) >= 11 is 0. The van der Waals surface area contributed by atoms with Crippen LogP contribution in [0.15, 0.2) is 40.9 Å². The van der Waals surface area contributed by atoms with E-state index in [1.807, 2.05) is 41.9 Å². The van der Waals surface area contributed by atoms with Crippen molar-refractivity contribution in [3.05, 3.63) is 59.2 Å². The molecule has 3 aromatic heterocycles. The van der Waals surface area contributed by atoms with Gasteiger partial charge in [-0.3, -0.25) is 4.79 Å². The van der Waals surface area contributed by atoms with Crippen LogP contribution in [-0.2, 0) is 20.0 Å². The number of carbonyl (C=O) groups is 1. The predicted molar refractivity (Wildman–Crippen MR) is 140 cm³/mol. The lowest BCUT2D eigenvalue weighted by atomic mass is 9.97. The van der Waals surface area contributed by atoms with Crippen LogP contribution < -0.4 is 10.5 Å². The van der Waals surface area contributed by atoms with Crippen molar-refractivity contribution < 1.29 is 18.4 Å². The number of hydrogen-bond donors (Lipinski definition) is 1. The maximum Gasteiger partial charge on any atom is 0.254 e. The Bertz CT molecular complexity index is 1690. The number of nitrogens with zero attached hydrogens (tertiary/aromatic N) is 6. The molecule has 0 bridgehead atoms. The summed E-state index contributed by atoms with van der Waals surface area (Å²) in [5.41, 5.74) is 10.7. The molecule has 0 aliphatic carbocycles. The Kier molecular flexibility index (Phi) is 5.87. The summed E-state index contributed by atoms with van der Waals surface area (Å²) in [5, 5.41) is 4.92. The zero-order valence-corrected chi connectivity index (χ0v) is 21.4. The zero-order chi connectivity index (χ0) is 26.6. The number of amides is 1. The lowest BCUT2D eigenvalue weighted by Gasteiger charge is -2.30. The highest BCUT2D eigenvalue weighted by Gasteiger charge is 2.28. The van der Waals surface area contributed by atoms with Crippen LogP contribution in [0.4, 0.5) is 4.39 Å². The molecule has 5 aromatic rings. The van der Waals surface area contributed by atoms with Crippen LogP contribution in [0.3, 0.4) is 0 Å². The highest BCUT2D eigenvalue weighted by molar-refractivity contribution is 6.01. The number of fused-ring (bicyclic) bond motifs is 3. The molecule has 38 heavy (non-hydrogen) atoms. The molecule has 10 nitrogen and oxygen atoms in total. The van der Waals surface area contributed by atoms with Crippen molar-refractivity contribution in [1.29, 1.82) is 0 Å². The Hall–Kier alpha value is -4.25. The molecule has 1 aliphatic heterocycles. The Balaban J connectivity index is 1.49. The molecule has 1 amide bonds. The fourth-order valence-corrected chi connectivity index (χ4v) is 5.29. The number of para-hydroxylation sites is 1. The van der Waals surface area contributed by atoms with Crippen molar-refractivity contribution in [3.63, 3.8) is 0 Å². The van der Waals surface area contributed by atoms with Crippen LogP contribution in [0.5, 0.6) is 5.75 Å². The highest BCUT2D eigenvalue weighted by atomic mass is 19.1. The third-order valence-electron chi connectivity index (χ3n) is 7.12. The number of ether oxygens (including phenoxy) is 1. The zero-order valence-electron chi connectivity index (χ0n) is 21.4. The van der Waals surface area contributed by atoms with Crippen LogP contribution >= 0.6 is 0 Å². The van der Waals surface area contributed by atoms with Crippen LogP contribution in [-0.4, -0.2) is 68.0 Å². The van der Waals surface area contributed by atoms with Gasteiger partial charge in [0.05, 0.1) is 35.4 Å². The number of alkyl halides is 1. The number of hydrogen-bond acceptors (Lipinski definition) is 7. The molecule has 0 saturated heterocycles. The second kappa shape index (κ2) is 9.25. The van der Waals surface area contributed by atoms with Crippen molar-refractivity contribution in [2.24, 2.45) is 12.8 Å². The molecule has 1 atom stereocenters. The molecule has 0 saturated carbocycles. The van der Waals surface area contributed by atoms with Gasteiger partial charge < -0.3 is 29.0 Å². The predicted octanol–water partition coefficient (Wildman–Crippen LogP) is 3.24. The van der Waals surface area contributed by atoms with Crippen LogP contribution in [0.25, 0.3) is 33.5 Å². The molecular weight excluding hydrogens is 489 g/mol. The van der Waals surface area contributed by atoms with E-state index in [4.69, 9.17) is 20.0 Å². The minimum absolute atomic E-state index is 0.144. The first kappa shape index (κ1) is 24.1. The van der Waals surface area contributed by atoms with Crippen LogP contribution in [0.2, 0.25) is 0 Å². The van der Waals surface area contributed by atoms with E-state index >= 15 is 0 Å². The summed E-state index contributed by atoms with van der Waals surface area (Å²) in [5.74, 6) is 2.33. The molecule has 4 heterocycles. The molecular formula is C27H28FN7O3. The topological polar surface area (TPSA) is 117 Å². The third-order valence-corrected chi connectivity index (χ3v) is 7.12. The summed E-state index contributed by atoms with van der Waals surface area (Å²) in [6, 6.07) is 11.1. The van der Waals surface area contributed by atoms with E-state index in [1.165, 1.54) is 0 Å². The molecule has 2 aromatic carbocycles. The van der Waals surface area contributed by atoms with Gasteiger partial charge in [0, 0.05) is 31.1 Å². The second-order valence-electron chi connectivity index (χ2n) is 9.66. The lowest BCUT2D eigenvalue weighted by molar-refractivity contribution is 0.0725. The van der Waals surface area contributed by atoms with E-state index in [-0.39, 0.29) is 12.5 Å². The van der Waals surface area contributed by atoms with Gasteiger partial charge in [0.2, 0.25) is 5.89 Å². The number of aromatic nitrogens is 5. The van der Waals surface area contributed by atoms with E-state index < -0.39 is 12.7 Å². The lowest BCUT2D eigenvalue weighted by Crippen LogP contribution is -2.45. The monoisotopic (exact) mass is 517 g/mol. The van der Waals surface area contributed by atoms with Gasteiger partial charge in [-0.05, 0) is 43.2 Å². The minimum Gasteiger partial charge on any atom is -0.495 e. The first-order valence-electron chi connectivity index (χ1n) is 12.4. The van der Waals surface area contributed by atoms with Gasteiger partial charge in [-0.1, -0.05) is 17.3 Å². The largest absolute Gasteiger partial charge is 0.495 e. The maximum absolute atomic E-state index is 13.2. The molecule has 0 unspecified atom stereocenters. The Morgan fingerprint density at radius 2 is 2.08 bits per heavy atom. The number of nitrogens with two attached hydrogens (primary N) is 1. The molecule has 6 rings (SSSR count). The van der Waals surface area contributed by atoms with Gasteiger partial charge in [-0.25, -0.2) is 9.37 Å². The number of halogens is 1. The van der Waals surface area contributed by atoms with E-state index in [0.29, 0.717) is 42.3 Å². The van der Waals surface area contributed by atoms with Crippen molar-refractivity contribution in [3.8, 4) is 17.3 Å². The van der Waals surface area contributed by atoms with Gasteiger partial charge in [-0.15, -0.1) is 0 Å². The van der Waals surface area contributed by atoms with Crippen molar-refractivity contribution in [2.45, 2.75) is 25.9 Å². The fraction of sp³-hybridized carbons (Fsp3) is 0.333. The van der Waals surface area contributed by atoms with Gasteiger partial charge >= 0.3 is 0 Å². The fourth-order valence-electron chi connectivity index (χ4n) is 5.29. The molecule has 0 fully saturated rings. The van der Waals surface area contributed by atoms with E-state index in [0.717, 1.165) is 39.3 Å². The average molecular weight is 518 g/mol. The Morgan fingerprint density at radius 3 is 2.82 bits per heavy atom. The van der Waals surface area contributed by atoms with E-state index in [2.05, 4.69) is 20.8 Å². The molecule has 11 heteroatoms. The van der Waals surface area contributed by atoms with Gasteiger partial charge in [-0.2, -0.15) is 4.98 Å². The number of rotatable bonds is 7. The number of aryl methyl sites for hydroxylation is 2. The first-order chi connectivity index (χ1) is 18.4.